The normalized spacial score (nSPS) is 9.21. The number of benzene rings is 1. The van der Waals surface area contributed by atoms with Crippen molar-refractivity contribution < 1.29 is 54.6 Å². The number of carbonyl (C=O) groups is 2. The number of hydrogen-bond acceptors (Lipinski definition) is 4. The van der Waals surface area contributed by atoms with Crippen molar-refractivity contribution in [3.8, 4) is 11.5 Å². The molecule has 5 N–H and O–H groups in total. The zero-order chi connectivity index (χ0) is 24.5. The summed E-state index contributed by atoms with van der Waals surface area (Å²) in [5.74, 6) is -0.315. The van der Waals surface area contributed by atoms with Crippen molar-refractivity contribution in [1.82, 2.24) is 0 Å². The van der Waals surface area contributed by atoms with E-state index in [-0.39, 0.29) is 68.7 Å². The summed E-state index contributed by atoms with van der Waals surface area (Å²) in [5.41, 5.74) is 0. The van der Waals surface area contributed by atoms with Crippen LogP contribution in [0.2, 0.25) is 0 Å². The van der Waals surface area contributed by atoms with Crippen molar-refractivity contribution in [2.75, 3.05) is 0 Å². The molecule has 0 spiro atoms. The first kappa shape index (κ1) is 40.6. The van der Waals surface area contributed by atoms with Gasteiger partial charge in [-0.05, 0) is 30.7 Å². The Bertz CT molecular complexity index is 532. The van der Waals surface area contributed by atoms with Gasteiger partial charge in [0.1, 0.15) is 11.5 Å². The van der Waals surface area contributed by atoms with E-state index in [4.69, 9.17) is 30.3 Å². The summed E-state index contributed by atoms with van der Waals surface area (Å²) < 4.78 is 0. The topological polar surface area (TPSA) is 135 Å². The van der Waals surface area contributed by atoms with Gasteiger partial charge in [-0.3, -0.25) is 4.79 Å². The molecular weight excluding hydrogens is 518 g/mol. The van der Waals surface area contributed by atoms with Gasteiger partial charge in [-0.25, -0.2) is 4.79 Å². The average molecular weight is 564 g/mol. The zero-order valence-electron chi connectivity index (χ0n) is 20.4. The number of aromatic hydroxyl groups is 2. The van der Waals surface area contributed by atoms with Crippen LogP contribution in [0.25, 0.3) is 0 Å². The maximum Gasteiger partial charge on any atom is 0 e. The third kappa shape index (κ3) is 41.7. The second-order valence-electron chi connectivity index (χ2n) is 7.89. The van der Waals surface area contributed by atoms with Gasteiger partial charge >= 0.3 is 49.9 Å². The number of carboxylic acid groups (broad SMARTS) is 3. The van der Waals surface area contributed by atoms with Crippen LogP contribution < -0.4 is 0 Å². The molecule has 0 aliphatic heterocycles. The summed E-state index contributed by atoms with van der Waals surface area (Å²) in [5, 5.41) is 39.8. The van der Waals surface area contributed by atoms with Crippen LogP contribution in [0.15, 0.2) is 24.3 Å². The first-order valence-electron chi connectivity index (χ1n) is 11.9. The Hall–Kier alpha value is -0.557. The molecule has 0 radical (unpaired) electrons. The molecule has 0 fully saturated rings. The van der Waals surface area contributed by atoms with Gasteiger partial charge in [0, 0.05) is 25.9 Å². The largest absolute Gasteiger partial charge is 0 e. The number of phenols is 2. The van der Waals surface area contributed by atoms with Gasteiger partial charge in [-0.15, -0.1) is 0 Å². The fraction of sp³-hybridized carbons (Fsp3) is 0.680. The fourth-order valence-electron chi connectivity index (χ4n) is 3.10. The van der Waals surface area contributed by atoms with Crippen molar-refractivity contribution in [3.63, 3.8) is 0 Å². The summed E-state index contributed by atoms with van der Waals surface area (Å²) in [4.78, 5) is 18.9. The average Bonchev–Trinajstić information content (AvgIpc) is 2.73. The van der Waals surface area contributed by atoms with E-state index >= 15 is 0 Å². The Morgan fingerprint density at radius 1 is 0.588 bits per heavy atom. The summed E-state index contributed by atoms with van der Waals surface area (Å²) in [6.45, 7) is 2.27. The van der Waals surface area contributed by atoms with Gasteiger partial charge in [0.25, 0.3) is 0 Å². The molecule has 7 nitrogen and oxygen atoms in total. The van der Waals surface area contributed by atoms with E-state index < -0.39 is 12.1 Å². The number of aliphatic carboxylic acids is 1. The number of phenolic OH excluding ortho intramolecular Hbond substituents is 2. The third-order valence-corrected chi connectivity index (χ3v) is 4.84. The van der Waals surface area contributed by atoms with E-state index in [0.717, 1.165) is 12.8 Å². The minimum absolute atomic E-state index is 0. The van der Waals surface area contributed by atoms with Crippen molar-refractivity contribution in [2.24, 2.45) is 0 Å². The van der Waals surface area contributed by atoms with Gasteiger partial charge in [-0.1, -0.05) is 96.8 Å². The van der Waals surface area contributed by atoms with Gasteiger partial charge in [0.05, 0.1) is 0 Å². The van der Waals surface area contributed by atoms with Crippen LogP contribution in [-0.2, 0) is 24.3 Å². The fourth-order valence-corrected chi connectivity index (χ4v) is 3.10. The van der Waals surface area contributed by atoms with Crippen molar-refractivity contribution >= 4 is 49.9 Å². The van der Waals surface area contributed by atoms with Crippen LogP contribution in [0.4, 0.5) is 4.79 Å². The molecule has 1 aromatic carbocycles. The minimum atomic E-state index is -1.83. The van der Waals surface area contributed by atoms with Crippen LogP contribution in [0, 0.1) is 0 Å². The summed E-state index contributed by atoms with van der Waals surface area (Å²) in [6.07, 6.45) is 18.4. The predicted octanol–water partition coefficient (Wildman–Crippen LogP) is 6.73. The van der Waals surface area contributed by atoms with Crippen molar-refractivity contribution in [1.29, 1.82) is 0 Å². The van der Waals surface area contributed by atoms with Gasteiger partial charge in [-0.2, -0.15) is 0 Å². The molecule has 34 heavy (non-hydrogen) atoms. The van der Waals surface area contributed by atoms with E-state index in [1.807, 2.05) is 0 Å². The van der Waals surface area contributed by atoms with Crippen LogP contribution in [0.3, 0.4) is 0 Å². The number of unbranched alkanes of at least 4 members (excludes halogenated alkanes) is 14. The minimum Gasteiger partial charge on any atom is 0 e. The summed E-state index contributed by atoms with van der Waals surface area (Å²) in [6, 6.07) is 5.70. The molecule has 9 heteroatoms. The first-order valence-corrected chi connectivity index (χ1v) is 11.9. The van der Waals surface area contributed by atoms with Gasteiger partial charge < -0.3 is 25.5 Å². The molecule has 0 amide bonds. The van der Waals surface area contributed by atoms with Crippen molar-refractivity contribution in [2.45, 2.75) is 110 Å². The second kappa shape index (κ2) is 32.4. The molecule has 0 saturated heterocycles. The molecular formula is C25H46CaO7Zn. The van der Waals surface area contributed by atoms with Crippen LogP contribution >= 0.6 is 0 Å². The first-order chi connectivity index (χ1) is 15.3. The molecule has 0 aromatic heterocycles. The quantitative estimate of drug-likeness (QED) is 0.0854. The maximum absolute atomic E-state index is 10.3. The molecule has 1 rings (SSSR count). The summed E-state index contributed by atoms with van der Waals surface area (Å²) >= 11 is 0. The number of rotatable bonds is 16. The predicted molar refractivity (Wildman–Crippen MR) is 136 cm³/mol. The Morgan fingerprint density at radius 3 is 1.06 bits per heavy atom. The van der Waals surface area contributed by atoms with Crippen LogP contribution in [-0.4, -0.2) is 75.4 Å². The van der Waals surface area contributed by atoms with Crippen LogP contribution in [0.5, 0.6) is 11.5 Å². The smallest absolute Gasteiger partial charge is 0 e. The Labute approximate surface area is 248 Å². The summed E-state index contributed by atoms with van der Waals surface area (Å²) in [7, 11) is 0. The SMILES string of the molecule is CCCCCCCCCCCCCCCCCC(=O)O.O=C(O)O.Oc1ccc(O)cc1.[CaH2].[Zn]. The van der Waals surface area contributed by atoms with E-state index in [2.05, 4.69) is 6.92 Å². The van der Waals surface area contributed by atoms with E-state index in [0.29, 0.717) is 6.42 Å². The molecule has 0 saturated carbocycles. The Balaban J connectivity index is -0.000000265. The van der Waals surface area contributed by atoms with Crippen molar-refractivity contribution in [3.05, 3.63) is 24.3 Å². The van der Waals surface area contributed by atoms with Gasteiger partial charge in [0.2, 0.25) is 0 Å². The molecule has 192 valence electrons. The monoisotopic (exact) mass is 562 g/mol. The van der Waals surface area contributed by atoms with E-state index in [1.165, 1.54) is 108 Å². The Kier molecular flexibility index (Phi) is 38.7. The second-order valence-corrected chi connectivity index (χ2v) is 7.89. The molecule has 0 heterocycles. The Morgan fingerprint density at radius 2 is 0.824 bits per heavy atom. The molecule has 0 aliphatic carbocycles. The standard InChI is InChI=1S/C18H36O2.C6H6O2.CH2O3.Ca.Zn.2H/c1-2-3-4-5-6-7-8-9-10-11-12-13-14-15-16-17-18(19)20;7-5-1-2-6(8)4-3-5;2-1(3)4;;;;/h2-17H2,1H3,(H,19,20);1-4,7-8H;(H2,2,3,4);;;;. The zero-order valence-corrected chi connectivity index (χ0v) is 23.3. The molecule has 0 unspecified atom stereocenters. The molecule has 1 aromatic rings. The number of carboxylic acids is 1. The molecule has 0 bridgehead atoms. The van der Waals surface area contributed by atoms with Gasteiger partial charge in [0.15, 0.2) is 0 Å². The molecule has 0 aliphatic rings. The van der Waals surface area contributed by atoms with E-state index in [9.17, 15) is 4.79 Å². The molecule has 0 atom stereocenters. The van der Waals surface area contributed by atoms with E-state index in [1.54, 1.807) is 0 Å². The number of hydrogen-bond donors (Lipinski definition) is 5. The third-order valence-electron chi connectivity index (χ3n) is 4.84. The maximum atomic E-state index is 10.3. The van der Waals surface area contributed by atoms with Crippen LogP contribution in [0.1, 0.15) is 110 Å².